The van der Waals surface area contributed by atoms with Gasteiger partial charge in [-0.1, -0.05) is 6.07 Å². The monoisotopic (exact) mass is 412 g/mol. The van der Waals surface area contributed by atoms with Crippen molar-refractivity contribution in [2.45, 2.75) is 6.92 Å². The lowest BCUT2D eigenvalue weighted by atomic mass is 10.1. The van der Waals surface area contributed by atoms with Gasteiger partial charge in [-0.25, -0.2) is 4.79 Å². The van der Waals surface area contributed by atoms with Crippen molar-refractivity contribution in [3.63, 3.8) is 0 Å². The molecule has 0 heterocycles. The molecule has 110 valence electrons. The molecule has 0 saturated heterocycles. The number of hydrogen-bond donors (Lipinski definition) is 2. The Bertz CT molecular complexity index is 654. The number of nitrogen functional groups attached to an aromatic ring is 1. The summed E-state index contributed by atoms with van der Waals surface area (Å²) in [4.78, 5) is 11.7. The van der Waals surface area contributed by atoms with Crippen molar-refractivity contribution in [1.82, 2.24) is 0 Å². The highest BCUT2D eigenvalue weighted by molar-refractivity contribution is 9.11. The third-order valence-electron chi connectivity index (χ3n) is 2.79. The minimum Gasteiger partial charge on any atom is -0.462 e. The van der Waals surface area contributed by atoms with Crippen LogP contribution in [-0.2, 0) is 4.74 Å². The van der Waals surface area contributed by atoms with Gasteiger partial charge < -0.3 is 15.8 Å². The van der Waals surface area contributed by atoms with Gasteiger partial charge in [-0.3, -0.25) is 0 Å². The molecule has 0 amide bonds. The van der Waals surface area contributed by atoms with Crippen molar-refractivity contribution >= 4 is 54.9 Å². The molecule has 0 aliphatic rings. The Labute approximate surface area is 139 Å². The SMILES string of the molecule is CCOC(=O)c1ccc(Nc2c(Br)cccc2Br)c(N)c1. The van der Waals surface area contributed by atoms with E-state index in [1.54, 1.807) is 25.1 Å². The van der Waals surface area contributed by atoms with Crippen molar-refractivity contribution in [2.24, 2.45) is 0 Å². The number of benzene rings is 2. The second-order valence-corrected chi connectivity index (χ2v) is 5.95. The van der Waals surface area contributed by atoms with Crippen LogP contribution in [0.15, 0.2) is 45.3 Å². The molecule has 2 aromatic rings. The van der Waals surface area contributed by atoms with E-state index < -0.39 is 0 Å². The van der Waals surface area contributed by atoms with Crippen molar-refractivity contribution in [3.8, 4) is 0 Å². The molecule has 0 aliphatic carbocycles. The van der Waals surface area contributed by atoms with Gasteiger partial charge in [0.1, 0.15) is 0 Å². The molecule has 0 radical (unpaired) electrons. The Morgan fingerprint density at radius 3 is 2.48 bits per heavy atom. The first-order valence-corrected chi connectivity index (χ1v) is 7.89. The second-order valence-electron chi connectivity index (χ2n) is 4.24. The number of esters is 1. The number of nitrogens with one attached hydrogen (secondary N) is 1. The topological polar surface area (TPSA) is 64.3 Å². The van der Waals surface area contributed by atoms with Crippen molar-refractivity contribution in [1.29, 1.82) is 0 Å². The zero-order chi connectivity index (χ0) is 15.4. The summed E-state index contributed by atoms with van der Waals surface area (Å²) in [5.74, 6) is -0.377. The van der Waals surface area contributed by atoms with Gasteiger partial charge in [0.2, 0.25) is 0 Å². The van der Waals surface area contributed by atoms with Crippen molar-refractivity contribution < 1.29 is 9.53 Å². The van der Waals surface area contributed by atoms with Crippen LogP contribution in [0.25, 0.3) is 0 Å². The summed E-state index contributed by atoms with van der Waals surface area (Å²) in [7, 11) is 0. The van der Waals surface area contributed by atoms with Crippen LogP contribution in [0.1, 0.15) is 17.3 Å². The molecule has 0 fully saturated rings. The molecule has 0 bridgehead atoms. The second kappa shape index (κ2) is 6.95. The van der Waals surface area contributed by atoms with E-state index in [9.17, 15) is 4.79 Å². The van der Waals surface area contributed by atoms with Crippen LogP contribution in [0.2, 0.25) is 0 Å². The molecule has 0 saturated carbocycles. The number of ether oxygens (including phenoxy) is 1. The van der Waals surface area contributed by atoms with Crippen LogP contribution < -0.4 is 11.1 Å². The number of hydrogen-bond acceptors (Lipinski definition) is 4. The van der Waals surface area contributed by atoms with Crippen molar-refractivity contribution in [2.75, 3.05) is 17.7 Å². The predicted molar refractivity (Wildman–Crippen MR) is 91.9 cm³/mol. The van der Waals surface area contributed by atoms with Gasteiger partial charge in [0.15, 0.2) is 0 Å². The lowest BCUT2D eigenvalue weighted by Gasteiger charge is -2.13. The van der Waals surface area contributed by atoms with Gasteiger partial charge in [0.25, 0.3) is 0 Å². The van der Waals surface area contributed by atoms with Crippen LogP contribution >= 0.6 is 31.9 Å². The molecule has 6 heteroatoms. The maximum Gasteiger partial charge on any atom is 0.338 e. The largest absolute Gasteiger partial charge is 0.462 e. The van der Waals surface area contributed by atoms with Crippen LogP contribution in [0, 0.1) is 0 Å². The summed E-state index contributed by atoms with van der Waals surface area (Å²) in [6.07, 6.45) is 0. The highest BCUT2D eigenvalue weighted by Gasteiger charge is 2.11. The minimum absolute atomic E-state index is 0.336. The van der Waals surface area contributed by atoms with Gasteiger partial charge >= 0.3 is 5.97 Å². The van der Waals surface area contributed by atoms with Crippen LogP contribution in [-0.4, -0.2) is 12.6 Å². The number of para-hydroxylation sites is 1. The summed E-state index contributed by atoms with van der Waals surface area (Å²) in [5.41, 5.74) is 8.50. The maximum atomic E-state index is 11.7. The molecule has 4 nitrogen and oxygen atoms in total. The van der Waals surface area contributed by atoms with E-state index in [0.29, 0.717) is 17.9 Å². The molecule has 2 rings (SSSR count). The van der Waals surface area contributed by atoms with E-state index in [1.165, 1.54) is 0 Å². The molecule has 3 N–H and O–H groups in total. The smallest absolute Gasteiger partial charge is 0.338 e. The lowest BCUT2D eigenvalue weighted by Crippen LogP contribution is -2.06. The molecular weight excluding hydrogens is 400 g/mol. The molecule has 0 atom stereocenters. The number of carbonyl (C=O) groups excluding carboxylic acids is 1. The van der Waals surface area contributed by atoms with Crippen LogP contribution in [0.5, 0.6) is 0 Å². The fraction of sp³-hybridized carbons (Fsp3) is 0.133. The van der Waals surface area contributed by atoms with Gasteiger partial charge in [0.05, 0.1) is 29.2 Å². The molecule has 0 aliphatic heterocycles. The Balaban J connectivity index is 2.28. The van der Waals surface area contributed by atoms with E-state index in [4.69, 9.17) is 10.5 Å². The fourth-order valence-corrected chi connectivity index (χ4v) is 2.97. The predicted octanol–water partition coefficient (Wildman–Crippen LogP) is 4.71. The zero-order valence-electron chi connectivity index (χ0n) is 11.3. The van der Waals surface area contributed by atoms with Gasteiger partial charge in [-0.15, -0.1) is 0 Å². The summed E-state index contributed by atoms with van der Waals surface area (Å²) < 4.78 is 6.77. The first-order chi connectivity index (χ1) is 10.0. The zero-order valence-corrected chi connectivity index (χ0v) is 14.5. The van der Waals surface area contributed by atoms with Gasteiger partial charge in [-0.2, -0.15) is 0 Å². The maximum absolute atomic E-state index is 11.7. The van der Waals surface area contributed by atoms with E-state index in [-0.39, 0.29) is 5.97 Å². The van der Waals surface area contributed by atoms with Crippen LogP contribution in [0.3, 0.4) is 0 Å². The highest BCUT2D eigenvalue weighted by Crippen LogP contribution is 2.34. The van der Waals surface area contributed by atoms with E-state index in [1.807, 2.05) is 18.2 Å². The fourth-order valence-electron chi connectivity index (χ4n) is 1.77. The van der Waals surface area contributed by atoms with E-state index >= 15 is 0 Å². The minimum atomic E-state index is -0.377. The lowest BCUT2D eigenvalue weighted by molar-refractivity contribution is 0.0526. The van der Waals surface area contributed by atoms with Crippen LogP contribution in [0.4, 0.5) is 17.1 Å². The normalized spacial score (nSPS) is 10.2. The van der Waals surface area contributed by atoms with E-state index in [2.05, 4.69) is 37.2 Å². The molecule has 2 aromatic carbocycles. The van der Waals surface area contributed by atoms with Crippen molar-refractivity contribution in [3.05, 3.63) is 50.9 Å². The third kappa shape index (κ3) is 3.77. The summed E-state index contributed by atoms with van der Waals surface area (Å²) >= 11 is 6.96. The number of rotatable bonds is 4. The molecule has 0 unspecified atom stereocenters. The summed E-state index contributed by atoms with van der Waals surface area (Å²) in [5, 5.41) is 3.24. The average Bonchev–Trinajstić information content (AvgIpc) is 2.44. The van der Waals surface area contributed by atoms with Gasteiger partial charge in [0, 0.05) is 8.95 Å². The number of halogens is 2. The Kier molecular flexibility index (Phi) is 5.25. The standard InChI is InChI=1S/C15H14Br2N2O2/c1-2-21-15(20)9-6-7-13(12(18)8-9)19-14-10(16)4-3-5-11(14)17/h3-8,19H,2,18H2,1H3. The van der Waals surface area contributed by atoms with Gasteiger partial charge in [-0.05, 0) is 69.1 Å². The number of carbonyl (C=O) groups is 1. The first-order valence-electron chi connectivity index (χ1n) is 6.30. The number of anilines is 3. The number of nitrogens with two attached hydrogens (primary N) is 1. The molecule has 0 aromatic heterocycles. The molecular formula is C15H14Br2N2O2. The highest BCUT2D eigenvalue weighted by atomic mass is 79.9. The quantitative estimate of drug-likeness (QED) is 0.562. The summed E-state index contributed by atoms with van der Waals surface area (Å²) in [6, 6.07) is 10.8. The third-order valence-corrected chi connectivity index (χ3v) is 4.11. The molecule has 21 heavy (non-hydrogen) atoms. The molecule has 0 spiro atoms. The Hall–Kier alpha value is -1.53. The first kappa shape index (κ1) is 15.9. The Morgan fingerprint density at radius 1 is 1.24 bits per heavy atom. The van der Waals surface area contributed by atoms with E-state index in [0.717, 1.165) is 20.3 Å². The average molecular weight is 414 g/mol. The summed E-state index contributed by atoms with van der Waals surface area (Å²) in [6.45, 7) is 2.10. The Morgan fingerprint density at radius 2 is 1.90 bits per heavy atom.